The van der Waals surface area contributed by atoms with Gasteiger partial charge in [-0.2, -0.15) is 5.10 Å². The van der Waals surface area contributed by atoms with Gasteiger partial charge in [0.1, 0.15) is 5.75 Å². The number of ether oxygens (including phenoxy) is 3. The third kappa shape index (κ3) is 7.20. The largest absolute Gasteiger partial charge is 0.497 e. The van der Waals surface area contributed by atoms with Crippen molar-refractivity contribution in [2.75, 3.05) is 19.0 Å². The molecule has 0 aromatic heterocycles. The molecule has 0 radical (unpaired) electrons. The molecule has 0 bridgehead atoms. The van der Waals surface area contributed by atoms with Crippen LogP contribution in [0.1, 0.15) is 22.8 Å². The van der Waals surface area contributed by atoms with Gasteiger partial charge in [0, 0.05) is 10.7 Å². The molecule has 3 aromatic rings. The Morgan fingerprint density at radius 2 is 1.79 bits per heavy atom. The first-order chi connectivity index (χ1) is 16.0. The van der Waals surface area contributed by atoms with Crippen molar-refractivity contribution in [3.05, 3.63) is 82.9 Å². The van der Waals surface area contributed by atoms with Crippen molar-refractivity contribution in [1.29, 1.82) is 0 Å². The van der Waals surface area contributed by atoms with Crippen LogP contribution in [-0.4, -0.2) is 31.0 Å². The fraction of sp³-hybridized carbons (Fsp3) is 0.125. The molecule has 7 nitrogen and oxygen atoms in total. The Hall–Kier alpha value is -3.62. The quantitative estimate of drug-likeness (QED) is 0.148. The molecule has 3 aromatic carbocycles. The molecule has 0 saturated carbocycles. The molecule has 170 valence electrons. The molecular formula is C24H22ClN3O4S. The molecule has 0 aliphatic rings. The Balaban J connectivity index is 1.62. The highest BCUT2D eigenvalue weighted by Gasteiger charge is 2.13. The van der Waals surface area contributed by atoms with Crippen LogP contribution in [0.4, 0.5) is 5.69 Å². The van der Waals surface area contributed by atoms with E-state index < -0.39 is 5.97 Å². The van der Waals surface area contributed by atoms with Crippen molar-refractivity contribution in [1.82, 2.24) is 5.43 Å². The molecule has 33 heavy (non-hydrogen) atoms. The Bertz CT molecular complexity index is 1140. The van der Waals surface area contributed by atoms with Gasteiger partial charge in [-0.05, 0) is 91.4 Å². The minimum Gasteiger partial charge on any atom is -0.497 e. The average molecular weight is 484 g/mol. The smallest absolute Gasteiger partial charge is 0.343 e. The lowest BCUT2D eigenvalue weighted by atomic mass is 10.2. The molecule has 0 atom stereocenters. The third-order valence-electron chi connectivity index (χ3n) is 4.28. The van der Waals surface area contributed by atoms with Gasteiger partial charge < -0.3 is 19.5 Å². The Morgan fingerprint density at radius 1 is 1.06 bits per heavy atom. The van der Waals surface area contributed by atoms with Crippen LogP contribution < -0.4 is 25.0 Å². The number of hydrazone groups is 1. The topological polar surface area (TPSA) is 81.2 Å². The van der Waals surface area contributed by atoms with Crippen molar-refractivity contribution in [2.45, 2.75) is 6.92 Å². The van der Waals surface area contributed by atoms with E-state index in [0.717, 1.165) is 17.0 Å². The van der Waals surface area contributed by atoms with Crippen LogP contribution in [-0.2, 0) is 0 Å². The number of carbonyl (C=O) groups is 1. The third-order valence-corrected chi connectivity index (χ3v) is 4.72. The molecule has 0 fully saturated rings. The molecule has 0 spiro atoms. The zero-order valence-corrected chi connectivity index (χ0v) is 19.6. The van der Waals surface area contributed by atoms with E-state index in [2.05, 4.69) is 15.8 Å². The van der Waals surface area contributed by atoms with Crippen LogP contribution in [0.5, 0.6) is 17.2 Å². The molecule has 0 aliphatic carbocycles. The molecule has 0 amide bonds. The number of nitrogens with one attached hydrogen (secondary N) is 2. The second kappa shape index (κ2) is 11.8. The number of thiocarbonyl (C=S) groups is 1. The number of rotatable bonds is 8. The second-order valence-corrected chi connectivity index (χ2v) is 7.43. The van der Waals surface area contributed by atoms with Gasteiger partial charge in [0.2, 0.25) is 0 Å². The standard InChI is InChI=1S/C24H22ClN3O4S/c1-3-31-22-14-16(4-13-21(22)32-23(29)17-5-7-18(25)8-6-17)15-26-28-24(33)27-19-9-11-20(30-2)12-10-19/h4-15H,3H2,1-2H3,(H2,27,28,33). The summed E-state index contributed by atoms with van der Waals surface area (Å²) < 4.78 is 16.3. The van der Waals surface area contributed by atoms with E-state index in [1.165, 1.54) is 0 Å². The molecule has 0 aliphatic heterocycles. The van der Waals surface area contributed by atoms with Gasteiger partial charge in [0.25, 0.3) is 0 Å². The van der Waals surface area contributed by atoms with E-state index in [9.17, 15) is 4.79 Å². The first-order valence-electron chi connectivity index (χ1n) is 9.97. The summed E-state index contributed by atoms with van der Waals surface area (Å²) in [6.45, 7) is 2.25. The summed E-state index contributed by atoms with van der Waals surface area (Å²) in [7, 11) is 1.61. The summed E-state index contributed by atoms with van der Waals surface area (Å²) in [4.78, 5) is 12.4. The number of nitrogens with zero attached hydrogens (tertiary/aromatic N) is 1. The van der Waals surface area contributed by atoms with Gasteiger partial charge >= 0.3 is 5.97 Å². The first kappa shape index (κ1) is 24.0. The van der Waals surface area contributed by atoms with Crippen LogP contribution in [0.3, 0.4) is 0 Å². The summed E-state index contributed by atoms with van der Waals surface area (Å²) in [5.74, 6) is 0.969. The van der Waals surface area contributed by atoms with Crippen molar-refractivity contribution in [2.24, 2.45) is 5.10 Å². The highest BCUT2D eigenvalue weighted by Crippen LogP contribution is 2.29. The van der Waals surface area contributed by atoms with Crippen molar-refractivity contribution in [3.8, 4) is 17.2 Å². The van der Waals surface area contributed by atoms with Crippen molar-refractivity contribution in [3.63, 3.8) is 0 Å². The van der Waals surface area contributed by atoms with E-state index in [4.69, 9.17) is 38.0 Å². The van der Waals surface area contributed by atoms with Gasteiger partial charge in [0.15, 0.2) is 16.6 Å². The van der Waals surface area contributed by atoms with Crippen LogP contribution in [0, 0.1) is 0 Å². The van der Waals surface area contributed by atoms with Crippen molar-refractivity contribution < 1.29 is 19.0 Å². The van der Waals surface area contributed by atoms with Crippen molar-refractivity contribution >= 4 is 46.8 Å². The second-order valence-electron chi connectivity index (χ2n) is 6.59. The first-order valence-corrected chi connectivity index (χ1v) is 10.8. The van der Waals surface area contributed by atoms with E-state index >= 15 is 0 Å². The maximum atomic E-state index is 12.4. The monoisotopic (exact) mass is 483 g/mol. The average Bonchev–Trinajstić information content (AvgIpc) is 2.81. The van der Waals surface area contributed by atoms with Crippen LogP contribution in [0.15, 0.2) is 71.8 Å². The molecule has 0 heterocycles. The predicted molar refractivity (Wildman–Crippen MR) is 134 cm³/mol. The highest BCUT2D eigenvalue weighted by molar-refractivity contribution is 7.80. The fourth-order valence-corrected chi connectivity index (χ4v) is 3.00. The molecule has 9 heteroatoms. The van der Waals surface area contributed by atoms with Gasteiger partial charge in [-0.15, -0.1) is 0 Å². The lowest BCUT2D eigenvalue weighted by Gasteiger charge is -2.11. The summed E-state index contributed by atoms with van der Waals surface area (Å²) >= 11 is 11.1. The molecule has 0 unspecified atom stereocenters. The number of hydrogen-bond acceptors (Lipinski definition) is 6. The zero-order chi connectivity index (χ0) is 23.6. The molecule has 3 rings (SSSR count). The molecular weight excluding hydrogens is 462 g/mol. The Morgan fingerprint density at radius 3 is 2.45 bits per heavy atom. The van der Waals surface area contributed by atoms with Gasteiger partial charge in [-0.25, -0.2) is 4.79 Å². The number of carbonyl (C=O) groups excluding carboxylic acids is 1. The lowest BCUT2D eigenvalue weighted by molar-refractivity contribution is 0.0728. The van der Waals surface area contributed by atoms with Crippen LogP contribution in [0.2, 0.25) is 5.02 Å². The van der Waals surface area contributed by atoms with E-state index in [0.29, 0.717) is 33.8 Å². The Kier molecular flexibility index (Phi) is 8.63. The molecule has 0 saturated heterocycles. The maximum absolute atomic E-state index is 12.4. The number of hydrogen-bond donors (Lipinski definition) is 2. The minimum atomic E-state index is -0.509. The number of benzene rings is 3. The zero-order valence-electron chi connectivity index (χ0n) is 18.0. The summed E-state index contributed by atoms with van der Waals surface area (Å²) in [5.41, 5.74) is 4.66. The maximum Gasteiger partial charge on any atom is 0.343 e. The number of halogens is 1. The van der Waals surface area contributed by atoms with Crippen LogP contribution >= 0.6 is 23.8 Å². The lowest BCUT2D eigenvalue weighted by Crippen LogP contribution is -2.23. The SMILES string of the molecule is CCOc1cc(C=NNC(=S)Nc2ccc(OC)cc2)ccc1OC(=O)c1ccc(Cl)cc1. The van der Waals surface area contributed by atoms with Gasteiger partial charge in [0.05, 0.1) is 25.5 Å². The van der Waals surface area contributed by atoms with E-state index in [-0.39, 0.29) is 0 Å². The van der Waals surface area contributed by atoms with E-state index in [1.54, 1.807) is 55.8 Å². The fourth-order valence-electron chi connectivity index (χ4n) is 2.70. The summed E-state index contributed by atoms with van der Waals surface area (Å²) in [6, 6.07) is 18.9. The normalized spacial score (nSPS) is 10.5. The van der Waals surface area contributed by atoms with Crippen LogP contribution in [0.25, 0.3) is 0 Å². The van der Waals surface area contributed by atoms with E-state index in [1.807, 2.05) is 31.2 Å². The number of methoxy groups -OCH3 is 1. The van der Waals surface area contributed by atoms with Gasteiger partial charge in [-0.3, -0.25) is 5.43 Å². The minimum absolute atomic E-state index is 0.304. The summed E-state index contributed by atoms with van der Waals surface area (Å²) in [6.07, 6.45) is 1.58. The number of esters is 1. The Labute approximate surface area is 202 Å². The predicted octanol–water partition coefficient (Wildman–Crippen LogP) is 5.29. The summed E-state index contributed by atoms with van der Waals surface area (Å²) in [5, 5.41) is 8.03. The number of anilines is 1. The highest BCUT2D eigenvalue weighted by atomic mass is 35.5. The molecule has 2 N–H and O–H groups in total. The van der Waals surface area contributed by atoms with Gasteiger partial charge in [-0.1, -0.05) is 11.6 Å².